The number of hydrogen-bond donors (Lipinski definition) is 2. The lowest BCUT2D eigenvalue weighted by Crippen LogP contribution is -2.27. The summed E-state index contributed by atoms with van der Waals surface area (Å²) in [6.07, 6.45) is 7.71. The molecule has 0 unspecified atom stereocenters. The van der Waals surface area contributed by atoms with Crippen molar-refractivity contribution in [2.75, 3.05) is 18.9 Å². The summed E-state index contributed by atoms with van der Waals surface area (Å²) in [6, 6.07) is 5.30. The Balaban J connectivity index is 1.89. The molecule has 3 N–H and O–H groups in total. The summed E-state index contributed by atoms with van der Waals surface area (Å²) >= 11 is 0. The minimum atomic E-state index is -0.0958. The molecular formula is C17H26N2O2. The first-order valence-corrected chi connectivity index (χ1v) is 8.02. The molecule has 4 nitrogen and oxygen atoms in total. The molecule has 2 rings (SSSR count). The minimum absolute atomic E-state index is 0.0958. The zero-order valence-corrected chi connectivity index (χ0v) is 12.9. The Morgan fingerprint density at radius 1 is 1.33 bits per heavy atom. The van der Waals surface area contributed by atoms with Crippen LogP contribution in [0.2, 0.25) is 0 Å². The summed E-state index contributed by atoms with van der Waals surface area (Å²) in [7, 11) is 0. The lowest BCUT2D eigenvalue weighted by Gasteiger charge is -2.21. The topological polar surface area (TPSA) is 64.3 Å². The zero-order valence-electron chi connectivity index (χ0n) is 12.9. The summed E-state index contributed by atoms with van der Waals surface area (Å²) in [5, 5.41) is 3.00. The third kappa shape index (κ3) is 4.38. The fourth-order valence-electron chi connectivity index (χ4n) is 3.00. The highest BCUT2D eigenvalue weighted by Gasteiger charge is 2.16. The molecule has 1 fully saturated rings. The van der Waals surface area contributed by atoms with E-state index in [-0.39, 0.29) is 5.91 Å². The van der Waals surface area contributed by atoms with Crippen LogP contribution in [0.1, 0.15) is 55.8 Å². The Hall–Kier alpha value is -1.71. The molecule has 0 bridgehead atoms. The monoisotopic (exact) mass is 290 g/mol. The number of carbonyl (C=O) groups excluding carboxylic acids is 1. The van der Waals surface area contributed by atoms with E-state index in [4.69, 9.17) is 10.5 Å². The van der Waals surface area contributed by atoms with Crippen LogP contribution in [0.3, 0.4) is 0 Å². The first-order valence-electron chi connectivity index (χ1n) is 8.02. The lowest BCUT2D eigenvalue weighted by molar-refractivity contribution is 0.0946. The number of nitrogen functional groups attached to an aromatic ring is 1. The predicted octanol–water partition coefficient (Wildman–Crippen LogP) is 3.37. The number of benzene rings is 1. The summed E-state index contributed by atoms with van der Waals surface area (Å²) in [6.45, 7) is 3.11. The molecule has 21 heavy (non-hydrogen) atoms. The van der Waals surface area contributed by atoms with Gasteiger partial charge in [-0.3, -0.25) is 4.79 Å². The first-order chi connectivity index (χ1) is 10.2. The van der Waals surface area contributed by atoms with Crippen molar-refractivity contribution in [1.29, 1.82) is 0 Å². The van der Waals surface area contributed by atoms with Crippen molar-refractivity contribution in [2.24, 2.45) is 5.92 Å². The SMILES string of the molecule is CCOc1c(N)cccc1C(=O)NCCC1CCCCC1. The number of anilines is 1. The van der Waals surface area contributed by atoms with Crippen molar-refractivity contribution in [3.63, 3.8) is 0 Å². The van der Waals surface area contributed by atoms with Gasteiger partial charge < -0.3 is 15.8 Å². The summed E-state index contributed by atoms with van der Waals surface area (Å²) in [5.74, 6) is 1.17. The van der Waals surface area contributed by atoms with Crippen LogP contribution in [0.5, 0.6) is 5.75 Å². The van der Waals surface area contributed by atoms with Crippen LogP contribution in [0.25, 0.3) is 0 Å². The van der Waals surface area contributed by atoms with Crippen molar-refractivity contribution < 1.29 is 9.53 Å². The van der Waals surface area contributed by atoms with E-state index in [2.05, 4.69) is 5.32 Å². The van der Waals surface area contributed by atoms with E-state index >= 15 is 0 Å². The van der Waals surface area contributed by atoms with Gasteiger partial charge >= 0.3 is 0 Å². The molecule has 1 aliphatic rings. The third-order valence-corrected chi connectivity index (χ3v) is 4.14. The predicted molar refractivity (Wildman–Crippen MR) is 85.5 cm³/mol. The molecule has 1 amide bonds. The fraction of sp³-hybridized carbons (Fsp3) is 0.588. The second-order valence-corrected chi connectivity index (χ2v) is 5.71. The van der Waals surface area contributed by atoms with Gasteiger partial charge in [-0.1, -0.05) is 38.2 Å². The van der Waals surface area contributed by atoms with Crippen LogP contribution in [-0.4, -0.2) is 19.1 Å². The van der Waals surface area contributed by atoms with Gasteiger partial charge in [0.1, 0.15) is 0 Å². The van der Waals surface area contributed by atoms with Gasteiger partial charge in [0, 0.05) is 6.54 Å². The Bertz CT molecular complexity index is 468. The highest BCUT2D eigenvalue weighted by molar-refractivity contribution is 5.98. The Labute approximate surface area is 127 Å². The summed E-state index contributed by atoms with van der Waals surface area (Å²) < 4.78 is 5.50. The Morgan fingerprint density at radius 3 is 2.81 bits per heavy atom. The van der Waals surface area contributed by atoms with E-state index in [1.54, 1.807) is 18.2 Å². The zero-order chi connectivity index (χ0) is 15.1. The molecule has 0 atom stereocenters. The molecule has 1 aliphatic carbocycles. The molecule has 1 saturated carbocycles. The molecule has 0 radical (unpaired) electrons. The molecule has 1 aromatic rings. The van der Waals surface area contributed by atoms with E-state index < -0.39 is 0 Å². The number of carbonyl (C=O) groups is 1. The van der Waals surface area contributed by atoms with E-state index in [0.717, 1.165) is 18.9 Å². The minimum Gasteiger partial charge on any atom is -0.491 e. The van der Waals surface area contributed by atoms with Crippen LogP contribution in [-0.2, 0) is 0 Å². The number of hydrogen-bond acceptors (Lipinski definition) is 3. The molecule has 0 aromatic heterocycles. The third-order valence-electron chi connectivity index (χ3n) is 4.14. The van der Waals surface area contributed by atoms with Crippen LogP contribution in [0.15, 0.2) is 18.2 Å². The maximum absolute atomic E-state index is 12.3. The maximum Gasteiger partial charge on any atom is 0.255 e. The van der Waals surface area contributed by atoms with Gasteiger partial charge in [-0.25, -0.2) is 0 Å². The number of ether oxygens (including phenoxy) is 1. The first kappa shape index (κ1) is 15.7. The molecule has 116 valence electrons. The van der Waals surface area contributed by atoms with E-state index in [0.29, 0.717) is 23.6 Å². The molecule has 0 spiro atoms. The molecule has 4 heteroatoms. The van der Waals surface area contributed by atoms with Crippen LogP contribution in [0, 0.1) is 5.92 Å². The van der Waals surface area contributed by atoms with Gasteiger partial charge in [-0.15, -0.1) is 0 Å². The molecule has 0 saturated heterocycles. The quantitative estimate of drug-likeness (QED) is 0.789. The van der Waals surface area contributed by atoms with Crippen molar-refractivity contribution in [3.05, 3.63) is 23.8 Å². The number of nitrogens with one attached hydrogen (secondary N) is 1. The highest BCUT2D eigenvalue weighted by atomic mass is 16.5. The van der Waals surface area contributed by atoms with Gasteiger partial charge in [-0.05, 0) is 31.4 Å². The Kier molecular flexibility index (Phi) is 5.90. The van der Waals surface area contributed by atoms with E-state index in [1.165, 1.54) is 32.1 Å². The smallest absolute Gasteiger partial charge is 0.255 e. The average molecular weight is 290 g/mol. The van der Waals surface area contributed by atoms with Crippen molar-refractivity contribution >= 4 is 11.6 Å². The summed E-state index contributed by atoms with van der Waals surface area (Å²) in [4.78, 5) is 12.3. The highest BCUT2D eigenvalue weighted by Crippen LogP contribution is 2.27. The number of para-hydroxylation sites is 1. The number of rotatable bonds is 6. The number of amides is 1. The van der Waals surface area contributed by atoms with Crippen LogP contribution >= 0.6 is 0 Å². The second kappa shape index (κ2) is 7.91. The van der Waals surface area contributed by atoms with Gasteiger partial charge in [0.25, 0.3) is 5.91 Å². The van der Waals surface area contributed by atoms with Gasteiger partial charge in [0.15, 0.2) is 5.75 Å². The molecule has 0 heterocycles. The van der Waals surface area contributed by atoms with Gasteiger partial charge in [-0.2, -0.15) is 0 Å². The van der Waals surface area contributed by atoms with Crippen molar-refractivity contribution in [2.45, 2.75) is 45.4 Å². The fourth-order valence-corrected chi connectivity index (χ4v) is 3.00. The van der Waals surface area contributed by atoms with Gasteiger partial charge in [0.05, 0.1) is 17.9 Å². The Morgan fingerprint density at radius 2 is 2.10 bits per heavy atom. The standard InChI is InChI=1S/C17H26N2O2/c1-2-21-16-14(9-6-10-15(16)18)17(20)19-12-11-13-7-4-3-5-8-13/h6,9-10,13H,2-5,7-8,11-12,18H2,1H3,(H,19,20). The van der Waals surface area contributed by atoms with Crippen molar-refractivity contribution in [1.82, 2.24) is 5.32 Å². The maximum atomic E-state index is 12.3. The normalized spacial score (nSPS) is 15.7. The van der Waals surface area contributed by atoms with Crippen molar-refractivity contribution in [3.8, 4) is 5.75 Å². The second-order valence-electron chi connectivity index (χ2n) is 5.71. The van der Waals surface area contributed by atoms with Gasteiger partial charge in [0.2, 0.25) is 0 Å². The number of nitrogens with two attached hydrogens (primary N) is 1. The molecular weight excluding hydrogens is 264 g/mol. The average Bonchev–Trinajstić information content (AvgIpc) is 2.50. The van der Waals surface area contributed by atoms with Crippen LogP contribution < -0.4 is 15.8 Å². The molecule has 1 aromatic carbocycles. The van der Waals surface area contributed by atoms with E-state index in [1.807, 2.05) is 6.92 Å². The lowest BCUT2D eigenvalue weighted by atomic mass is 9.87. The van der Waals surface area contributed by atoms with E-state index in [9.17, 15) is 4.79 Å². The summed E-state index contributed by atoms with van der Waals surface area (Å²) in [5.41, 5.74) is 6.92. The van der Waals surface area contributed by atoms with Crippen LogP contribution in [0.4, 0.5) is 5.69 Å². The largest absolute Gasteiger partial charge is 0.491 e. The molecule has 0 aliphatic heterocycles.